The Morgan fingerprint density at radius 1 is 1.00 bits per heavy atom. The van der Waals surface area contributed by atoms with Crippen molar-refractivity contribution in [1.29, 1.82) is 0 Å². The highest BCUT2D eigenvalue weighted by atomic mass is 19.4. The number of nitrogens with one attached hydrogen (secondary N) is 2. The summed E-state index contributed by atoms with van der Waals surface area (Å²) in [5, 5.41) is 6.14. The second-order valence-electron chi connectivity index (χ2n) is 10.6. The molecule has 0 aliphatic carbocycles. The van der Waals surface area contributed by atoms with E-state index in [0.717, 1.165) is 46.8 Å². The molecule has 4 rings (SSSR count). The van der Waals surface area contributed by atoms with Gasteiger partial charge in [0.05, 0.1) is 17.9 Å². The van der Waals surface area contributed by atoms with Crippen molar-refractivity contribution in [3.8, 4) is 17.2 Å². The van der Waals surface area contributed by atoms with Crippen LogP contribution in [0.1, 0.15) is 53.2 Å². The molecule has 0 unspecified atom stereocenters. The Morgan fingerprint density at radius 3 is 2.33 bits per heavy atom. The monoisotopic (exact) mass is 619 g/mol. The predicted octanol–water partition coefficient (Wildman–Crippen LogP) is 7.10. The fourth-order valence-corrected chi connectivity index (χ4v) is 4.64. The van der Waals surface area contributed by atoms with Crippen LogP contribution < -0.4 is 15.4 Å². The lowest BCUT2D eigenvalue weighted by Crippen LogP contribution is -2.41. The number of oxazole rings is 1. The van der Waals surface area contributed by atoms with Gasteiger partial charge in [-0.05, 0) is 62.2 Å². The summed E-state index contributed by atoms with van der Waals surface area (Å²) in [6, 6.07) is 21.2. The normalized spacial score (nSPS) is 12.4. The molecular weight excluding hydrogens is 583 g/mol. The molecule has 1 amide bonds. The van der Waals surface area contributed by atoms with Crippen molar-refractivity contribution in [2.45, 2.75) is 52.3 Å². The quantitative estimate of drug-likeness (QED) is 0.116. The lowest BCUT2D eigenvalue weighted by atomic mass is 10.0. The fraction of sp³-hybridized carbons (Fsp3) is 0.286. The number of benzene rings is 3. The zero-order valence-corrected chi connectivity index (χ0v) is 25.4. The van der Waals surface area contributed by atoms with Gasteiger partial charge in [-0.1, -0.05) is 49.4 Å². The fourth-order valence-electron chi connectivity index (χ4n) is 4.64. The van der Waals surface area contributed by atoms with Crippen molar-refractivity contribution in [3.05, 3.63) is 119 Å². The Labute approximate surface area is 260 Å². The number of nitrogens with zero attached hydrogens (tertiary/aromatic N) is 1. The number of hydrogen-bond donors (Lipinski definition) is 2. The predicted molar refractivity (Wildman–Crippen MR) is 166 cm³/mol. The van der Waals surface area contributed by atoms with Crippen LogP contribution in [0.15, 0.2) is 95.1 Å². The van der Waals surface area contributed by atoms with E-state index in [4.69, 9.17) is 9.15 Å². The highest BCUT2D eigenvalue weighted by molar-refractivity contribution is 6.04. The Balaban J connectivity index is 1.34. The van der Waals surface area contributed by atoms with E-state index in [2.05, 4.69) is 15.6 Å². The average Bonchev–Trinajstić information content (AvgIpc) is 3.40. The highest BCUT2D eigenvalue weighted by Gasteiger charge is 2.30. The summed E-state index contributed by atoms with van der Waals surface area (Å²) in [4.78, 5) is 29.2. The Morgan fingerprint density at radius 2 is 1.69 bits per heavy atom. The second-order valence-corrected chi connectivity index (χ2v) is 10.6. The molecule has 1 aromatic heterocycles. The summed E-state index contributed by atoms with van der Waals surface area (Å²) in [7, 11) is 0. The number of aromatic nitrogens is 1. The summed E-state index contributed by atoms with van der Waals surface area (Å²) >= 11 is 0. The number of carbonyl (C=O) groups excluding carboxylic acids is 2. The first-order valence-electron chi connectivity index (χ1n) is 14.7. The van der Waals surface area contributed by atoms with E-state index < -0.39 is 17.5 Å². The molecule has 1 atom stereocenters. The molecule has 45 heavy (non-hydrogen) atoms. The second kappa shape index (κ2) is 15.2. The summed E-state index contributed by atoms with van der Waals surface area (Å²) < 4.78 is 50.4. The van der Waals surface area contributed by atoms with Crippen molar-refractivity contribution >= 4 is 11.7 Å². The first kappa shape index (κ1) is 33.0. The van der Waals surface area contributed by atoms with Crippen molar-refractivity contribution in [2.24, 2.45) is 0 Å². The number of hydrogen-bond acceptors (Lipinski definition) is 6. The van der Waals surface area contributed by atoms with Gasteiger partial charge in [0, 0.05) is 48.3 Å². The van der Waals surface area contributed by atoms with Gasteiger partial charge in [0.1, 0.15) is 11.5 Å². The molecule has 0 saturated heterocycles. The van der Waals surface area contributed by atoms with E-state index in [1.807, 2.05) is 61.5 Å². The summed E-state index contributed by atoms with van der Waals surface area (Å²) in [6.45, 7) is 6.08. The van der Waals surface area contributed by atoms with Crippen LogP contribution in [-0.2, 0) is 23.8 Å². The van der Waals surface area contributed by atoms with Crippen LogP contribution in [0.4, 0.5) is 13.2 Å². The third-order valence-corrected chi connectivity index (χ3v) is 7.07. The molecule has 0 aliphatic heterocycles. The third-order valence-electron chi connectivity index (χ3n) is 7.07. The van der Waals surface area contributed by atoms with Gasteiger partial charge in [-0.2, -0.15) is 13.2 Å². The zero-order chi connectivity index (χ0) is 32.4. The van der Waals surface area contributed by atoms with Gasteiger partial charge in [-0.15, -0.1) is 0 Å². The van der Waals surface area contributed by atoms with E-state index in [-0.39, 0.29) is 17.5 Å². The van der Waals surface area contributed by atoms with E-state index in [9.17, 15) is 22.8 Å². The lowest BCUT2D eigenvalue weighted by molar-refractivity contribution is -0.137. The molecule has 0 radical (unpaired) electrons. The largest absolute Gasteiger partial charge is 0.493 e. The number of allylic oxidation sites excluding steroid dienone is 2. The number of ether oxygens (including phenoxy) is 1. The van der Waals surface area contributed by atoms with Gasteiger partial charge >= 0.3 is 6.18 Å². The molecule has 1 heterocycles. The van der Waals surface area contributed by atoms with Crippen LogP contribution in [0, 0.1) is 6.92 Å². The van der Waals surface area contributed by atoms with Crippen LogP contribution in [0.3, 0.4) is 0 Å². The van der Waals surface area contributed by atoms with Crippen LogP contribution in [-0.4, -0.2) is 35.9 Å². The lowest BCUT2D eigenvalue weighted by Gasteiger charge is -2.21. The molecule has 0 saturated carbocycles. The van der Waals surface area contributed by atoms with Gasteiger partial charge < -0.3 is 19.8 Å². The van der Waals surface area contributed by atoms with Gasteiger partial charge in [0.2, 0.25) is 11.8 Å². The van der Waals surface area contributed by atoms with E-state index in [1.54, 1.807) is 13.8 Å². The minimum absolute atomic E-state index is 0.105. The van der Waals surface area contributed by atoms with Crippen LogP contribution in [0.5, 0.6) is 5.75 Å². The summed E-state index contributed by atoms with van der Waals surface area (Å²) in [6.07, 6.45) is -1.68. The zero-order valence-electron chi connectivity index (χ0n) is 25.4. The SMILES string of the molecule is CCC(=O)NC[C@@H](Cc1ccc(OCCc2nc(-c3ccccc3)oc2C)cc1)N/C(C)=C/C(=O)c1ccc(C(F)(F)F)cc1. The molecule has 7 nitrogen and oxygen atoms in total. The maximum atomic E-state index is 12.9. The van der Waals surface area contributed by atoms with Crippen LogP contribution >= 0.6 is 0 Å². The molecule has 0 fully saturated rings. The van der Waals surface area contributed by atoms with Gasteiger partial charge in [-0.3, -0.25) is 9.59 Å². The third kappa shape index (κ3) is 9.82. The van der Waals surface area contributed by atoms with E-state index in [1.165, 1.54) is 6.08 Å². The molecule has 4 aromatic rings. The minimum Gasteiger partial charge on any atom is -0.493 e. The van der Waals surface area contributed by atoms with Gasteiger partial charge in [-0.25, -0.2) is 4.98 Å². The maximum Gasteiger partial charge on any atom is 0.416 e. The topological polar surface area (TPSA) is 93.5 Å². The molecule has 3 aromatic carbocycles. The maximum absolute atomic E-state index is 12.9. The molecule has 0 aliphatic rings. The van der Waals surface area contributed by atoms with E-state index >= 15 is 0 Å². The number of alkyl halides is 3. The molecule has 0 bridgehead atoms. The molecule has 236 valence electrons. The van der Waals surface area contributed by atoms with Gasteiger partial charge in [0.15, 0.2) is 5.78 Å². The van der Waals surface area contributed by atoms with Crippen molar-refractivity contribution in [2.75, 3.05) is 13.2 Å². The van der Waals surface area contributed by atoms with E-state index in [0.29, 0.717) is 49.8 Å². The minimum atomic E-state index is -4.47. The Hall–Kier alpha value is -4.86. The number of ketones is 1. The summed E-state index contributed by atoms with van der Waals surface area (Å²) in [5.74, 6) is 1.51. The molecule has 2 N–H and O–H groups in total. The number of aryl methyl sites for hydroxylation is 1. The Kier molecular flexibility index (Phi) is 11.2. The standard InChI is InChI=1S/C35H36F3N3O4/c1-4-33(43)39-22-29(40-23(2)20-32(42)26-12-14-28(15-13-26)35(36,37)38)21-25-10-16-30(17-11-25)44-19-18-31-24(3)45-34(41-31)27-8-6-5-7-9-27/h5-17,20,29,40H,4,18-19,21-22H2,1-3H3,(H,39,43)/b23-20+/t29-/m1/s1. The van der Waals surface area contributed by atoms with Crippen molar-refractivity contribution in [1.82, 2.24) is 15.6 Å². The summed E-state index contributed by atoms with van der Waals surface area (Å²) in [5.41, 5.74) is 2.59. The number of halogens is 3. The first-order chi connectivity index (χ1) is 21.5. The van der Waals surface area contributed by atoms with Crippen LogP contribution in [0.2, 0.25) is 0 Å². The molecule has 10 heteroatoms. The molecule has 0 spiro atoms. The van der Waals surface area contributed by atoms with Crippen LogP contribution in [0.25, 0.3) is 11.5 Å². The number of amides is 1. The smallest absolute Gasteiger partial charge is 0.416 e. The number of rotatable bonds is 14. The molecular formula is C35H36F3N3O4. The first-order valence-corrected chi connectivity index (χ1v) is 14.7. The van der Waals surface area contributed by atoms with Crippen molar-refractivity contribution in [3.63, 3.8) is 0 Å². The van der Waals surface area contributed by atoms with Crippen molar-refractivity contribution < 1.29 is 31.9 Å². The Bertz CT molecular complexity index is 1600. The van der Waals surface area contributed by atoms with Gasteiger partial charge in [0.25, 0.3) is 0 Å². The number of carbonyl (C=O) groups is 2. The highest BCUT2D eigenvalue weighted by Crippen LogP contribution is 2.29. The average molecular weight is 620 g/mol.